The quantitative estimate of drug-likeness (QED) is 0.638. The lowest BCUT2D eigenvalue weighted by molar-refractivity contribution is 0.238. The van der Waals surface area contributed by atoms with Gasteiger partial charge in [-0.05, 0) is 20.0 Å². The van der Waals surface area contributed by atoms with Crippen molar-refractivity contribution in [1.82, 2.24) is 20.4 Å². The number of rotatable bonds is 4. The lowest BCUT2D eigenvalue weighted by atomic mass is 10.2. The lowest BCUT2D eigenvalue weighted by Crippen LogP contribution is -2.46. The van der Waals surface area contributed by atoms with Gasteiger partial charge in [-0.1, -0.05) is 0 Å². The van der Waals surface area contributed by atoms with Crippen molar-refractivity contribution in [2.45, 2.75) is 12.5 Å². The molecule has 0 aromatic rings. The summed E-state index contributed by atoms with van der Waals surface area (Å²) in [5, 5.41) is 7.04. The zero-order valence-corrected chi connectivity index (χ0v) is 9.84. The molecule has 2 N–H and O–H groups in total. The van der Waals surface area contributed by atoms with E-state index in [9.17, 15) is 0 Å². The third-order valence-corrected chi connectivity index (χ3v) is 3.46. The highest BCUT2D eigenvalue weighted by molar-refractivity contribution is 4.79. The first-order valence-electron chi connectivity index (χ1n) is 6.19. The van der Waals surface area contributed by atoms with Crippen LogP contribution in [0.2, 0.25) is 0 Å². The van der Waals surface area contributed by atoms with E-state index in [2.05, 4.69) is 27.5 Å². The number of hydrogen-bond acceptors (Lipinski definition) is 4. The van der Waals surface area contributed by atoms with Crippen LogP contribution in [0, 0.1) is 0 Å². The molecule has 2 aliphatic heterocycles. The molecular weight excluding hydrogens is 188 g/mol. The molecule has 2 saturated heterocycles. The zero-order valence-electron chi connectivity index (χ0n) is 9.84. The van der Waals surface area contributed by atoms with Gasteiger partial charge in [-0.3, -0.25) is 4.90 Å². The van der Waals surface area contributed by atoms with Gasteiger partial charge in [0.15, 0.2) is 0 Å². The second kappa shape index (κ2) is 5.80. The van der Waals surface area contributed by atoms with Crippen molar-refractivity contribution in [2.24, 2.45) is 0 Å². The Bertz CT molecular complexity index is 175. The minimum Gasteiger partial charge on any atom is -0.314 e. The Hall–Kier alpha value is -0.160. The van der Waals surface area contributed by atoms with Gasteiger partial charge in [0.25, 0.3) is 0 Å². The highest BCUT2D eigenvalue weighted by Gasteiger charge is 2.18. The predicted octanol–water partition coefficient (Wildman–Crippen LogP) is -0.815. The van der Waals surface area contributed by atoms with Crippen molar-refractivity contribution >= 4 is 0 Å². The Kier molecular flexibility index (Phi) is 4.38. The first-order valence-corrected chi connectivity index (χ1v) is 6.19. The van der Waals surface area contributed by atoms with E-state index in [4.69, 9.17) is 0 Å². The zero-order chi connectivity index (χ0) is 10.5. The van der Waals surface area contributed by atoms with E-state index in [1.165, 1.54) is 39.1 Å². The van der Waals surface area contributed by atoms with E-state index in [-0.39, 0.29) is 0 Å². The molecule has 0 spiro atoms. The van der Waals surface area contributed by atoms with E-state index in [1.54, 1.807) is 0 Å². The van der Waals surface area contributed by atoms with Gasteiger partial charge < -0.3 is 15.5 Å². The summed E-state index contributed by atoms with van der Waals surface area (Å²) in [5.74, 6) is 0. The molecule has 0 aromatic carbocycles. The highest BCUT2D eigenvalue weighted by atomic mass is 15.2. The number of piperazine rings is 1. The Labute approximate surface area is 93.0 Å². The minimum absolute atomic E-state index is 0.734. The van der Waals surface area contributed by atoms with Gasteiger partial charge in [0.2, 0.25) is 0 Å². The van der Waals surface area contributed by atoms with Crippen LogP contribution in [0.5, 0.6) is 0 Å². The number of likely N-dealkylation sites (tertiary alicyclic amines) is 1. The van der Waals surface area contributed by atoms with E-state index < -0.39 is 0 Å². The molecular formula is C11H24N4. The van der Waals surface area contributed by atoms with Crippen molar-refractivity contribution in [3.63, 3.8) is 0 Å². The third-order valence-electron chi connectivity index (χ3n) is 3.46. The summed E-state index contributed by atoms with van der Waals surface area (Å²) < 4.78 is 0. The average Bonchev–Trinajstić information content (AvgIpc) is 2.66. The van der Waals surface area contributed by atoms with E-state index in [0.717, 1.165) is 25.7 Å². The average molecular weight is 212 g/mol. The van der Waals surface area contributed by atoms with Crippen LogP contribution in [-0.4, -0.2) is 75.2 Å². The maximum Gasteiger partial charge on any atom is 0.0207 e. The monoisotopic (exact) mass is 212 g/mol. The first-order chi connectivity index (χ1) is 7.34. The van der Waals surface area contributed by atoms with Gasteiger partial charge in [0, 0.05) is 51.9 Å². The second-order valence-electron chi connectivity index (χ2n) is 4.79. The van der Waals surface area contributed by atoms with Gasteiger partial charge >= 0.3 is 0 Å². The maximum absolute atomic E-state index is 3.66. The number of hydrogen-bond donors (Lipinski definition) is 2. The number of likely N-dealkylation sites (N-methyl/N-ethyl adjacent to an activating group) is 1. The molecule has 0 aromatic heterocycles. The fourth-order valence-corrected chi connectivity index (χ4v) is 2.46. The highest BCUT2D eigenvalue weighted by Crippen LogP contribution is 2.05. The summed E-state index contributed by atoms with van der Waals surface area (Å²) in [5.41, 5.74) is 0. The fourth-order valence-electron chi connectivity index (χ4n) is 2.46. The summed E-state index contributed by atoms with van der Waals surface area (Å²) in [4.78, 5) is 4.95. The second-order valence-corrected chi connectivity index (χ2v) is 4.79. The van der Waals surface area contributed by atoms with Gasteiger partial charge in [-0.2, -0.15) is 0 Å². The summed E-state index contributed by atoms with van der Waals surface area (Å²) in [6.45, 7) is 9.59. The van der Waals surface area contributed by atoms with E-state index in [1.807, 2.05) is 0 Å². The minimum atomic E-state index is 0.734. The summed E-state index contributed by atoms with van der Waals surface area (Å²) >= 11 is 0. The van der Waals surface area contributed by atoms with Crippen LogP contribution in [0.1, 0.15) is 6.42 Å². The van der Waals surface area contributed by atoms with Gasteiger partial charge in [-0.25, -0.2) is 0 Å². The van der Waals surface area contributed by atoms with Crippen LogP contribution in [0.15, 0.2) is 0 Å². The molecule has 0 aliphatic carbocycles. The number of nitrogens with one attached hydrogen (secondary N) is 2. The van der Waals surface area contributed by atoms with Crippen LogP contribution >= 0.6 is 0 Å². The summed E-state index contributed by atoms with van der Waals surface area (Å²) in [7, 11) is 2.21. The molecule has 1 unspecified atom stereocenters. The predicted molar refractivity (Wildman–Crippen MR) is 63.2 cm³/mol. The molecule has 0 saturated carbocycles. The van der Waals surface area contributed by atoms with E-state index in [0.29, 0.717) is 0 Å². The molecule has 2 rings (SSSR count). The molecule has 2 heterocycles. The van der Waals surface area contributed by atoms with Crippen LogP contribution in [-0.2, 0) is 0 Å². The third kappa shape index (κ3) is 3.72. The molecule has 0 amide bonds. The van der Waals surface area contributed by atoms with Crippen LogP contribution < -0.4 is 10.6 Å². The van der Waals surface area contributed by atoms with Crippen LogP contribution in [0.3, 0.4) is 0 Å². The van der Waals surface area contributed by atoms with Crippen LogP contribution in [0.4, 0.5) is 0 Å². The van der Waals surface area contributed by atoms with E-state index >= 15 is 0 Å². The molecule has 2 aliphatic rings. The van der Waals surface area contributed by atoms with Gasteiger partial charge in [0.1, 0.15) is 0 Å². The Morgan fingerprint density at radius 1 is 1.27 bits per heavy atom. The topological polar surface area (TPSA) is 30.5 Å². The van der Waals surface area contributed by atoms with Crippen molar-refractivity contribution in [3.8, 4) is 0 Å². The van der Waals surface area contributed by atoms with Crippen molar-refractivity contribution in [3.05, 3.63) is 0 Å². The molecule has 4 heteroatoms. The molecule has 2 fully saturated rings. The van der Waals surface area contributed by atoms with Crippen molar-refractivity contribution in [2.75, 3.05) is 59.4 Å². The van der Waals surface area contributed by atoms with Gasteiger partial charge in [0.05, 0.1) is 0 Å². The Balaban J connectivity index is 1.54. The molecule has 1 atom stereocenters. The summed E-state index contributed by atoms with van der Waals surface area (Å²) in [6, 6.07) is 0.734. The normalized spacial score (nSPS) is 29.8. The summed E-state index contributed by atoms with van der Waals surface area (Å²) in [6.07, 6.45) is 1.32. The Morgan fingerprint density at radius 2 is 2.07 bits per heavy atom. The Morgan fingerprint density at radius 3 is 2.73 bits per heavy atom. The standard InChI is InChI=1S/C11H24N4/c1-14-6-2-11(10-14)13-5-9-15-7-3-12-4-8-15/h11-13H,2-10H2,1H3. The molecule has 0 radical (unpaired) electrons. The molecule has 4 nitrogen and oxygen atoms in total. The smallest absolute Gasteiger partial charge is 0.0207 e. The molecule has 15 heavy (non-hydrogen) atoms. The van der Waals surface area contributed by atoms with Crippen molar-refractivity contribution in [1.29, 1.82) is 0 Å². The fraction of sp³-hybridized carbons (Fsp3) is 1.00. The lowest BCUT2D eigenvalue weighted by Gasteiger charge is -2.27. The van der Waals surface area contributed by atoms with Crippen LogP contribution in [0.25, 0.3) is 0 Å². The van der Waals surface area contributed by atoms with Gasteiger partial charge in [-0.15, -0.1) is 0 Å². The maximum atomic E-state index is 3.66. The first kappa shape index (κ1) is 11.3. The SMILES string of the molecule is CN1CCC(NCCN2CCNCC2)C1. The van der Waals surface area contributed by atoms with Crippen molar-refractivity contribution < 1.29 is 0 Å². The number of nitrogens with zero attached hydrogens (tertiary/aromatic N) is 2. The molecule has 88 valence electrons. The molecule has 0 bridgehead atoms. The largest absolute Gasteiger partial charge is 0.314 e.